The van der Waals surface area contributed by atoms with Crippen molar-refractivity contribution in [2.24, 2.45) is 0 Å². The zero-order chi connectivity index (χ0) is 14.0. The molecule has 21 heavy (non-hydrogen) atoms. The van der Waals surface area contributed by atoms with E-state index in [2.05, 4.69) is 17.5 Å². The quantitative estimate of drug-likeness (QED) is 0.630. The highest BCUT2D eigenvalue weighted by Crippen LogP contribution is 2.22. The summed E-state index contributed by atoms with van der Waals surface area (Å²) in [4.78, 5) is 0. The summed E-state index contributed by atoms with van der Waals surface area (Å²) < 4.78 is 8.27. The van der Waals surface area contributed by atoms with E-state index in [1.807, 2.05) is 28.9 Å². The molecule has 3 heterocycles. The third-order valence-electron chi connectivity index (χ3n) is 4.07. The van der Waals surface area contributed by atoms with Gasteiger partial charge in [0.2, 0.25) is 0 Å². The lowest BCUT2D eigenvalue weighted by Gasteiger charge is -2.37. The maximum Gasteiger partial charge on any atom is 0.172 e. The maximum atomic E-state index is 6.12. The normalized spacial score (nSPS) is 17.4. The molecule has 2 aromatic rings. The molecule has 3 rings (SSSR count). The highest BCUT2D eigenvalue weighted by molar-refractivity contribution is 5.80. The van der Waals surface area contributed by atoms with E-state index < -0.39 is 0 Å². The summed E-state index contributed by atoms with van der Waals surface area (Å²) in [6, 6.07) is 5.89. The van der Waals surface area contributed by atoms with Crippen LogP contribution in [0.1, 0.15) is 0 Å². The largest absolute Gasteiger partial charge is 1.00 e. The number of nitrogens with one attached hydrogen (secondary N) is 1. The number of hydrogen-bond donors (Lipinski definition) is 2. The molecule has 0 spiro atoms. The average molecular weight is 312 g/mol. The Hall–Kier alpha value is -1.50. The fourth-order valence-electron chi connectivity index (χ4n) is 2.60. The number of anilines is 2. The third-order valence-corrected chi connectivity index (χ3v) is 4.07. The van der Waals surface area contributed by atoms with Crippen LogP contribution < -0.4 is 23.5 Å². The smallest absolute Gasteiger partial charge is 0.172 e. The van der Waals surface area contributed by atoms with Crippen LogP contribution in [0.15, 0.2) is 24.4 Å². The minimum Gasteiger partial charge on any atom is -1.00 e. The maximum absolute atomic E-state index is 6.12. The molecule has 3 N–H and O–H groups in total. The second-order valence-electron chi connectivity index (χ2n) is 5.62. The summed E-state index contributed by atoms with van der Waals surface area (Å²) in [6.07, 6.45) is 1.91. The van der Waals surface area contributed by atoms with Crippen molar-refractivity contribution in [3.63, 3.8) is 0 Å². The molecule has 1 aliphatic heterocycles. The van der Waals surface area contributed by atoms with Crippen LogP contribution in [0.5, 0.6) is 0 Å². The van der Waals surface area contributed by atoms with Gasteiger partial charge in [-0.15, -0.1) is 5.10 Å². The summed E-state index contributed by atoms with van der Waals surface area (Å²) in [6.45, 7) is 5.77. The summed E-state index contributed by atoms with van der Waals surface area (Å²) >= 11 is 0. The number of hydrogen-bond acceptors (Lipinski definition) is 4. The summed E-state index contributed by atoms with van der Waals surface area (Å²) in [5.41, 5.74) is 7.78. The lowest BCUT2D eigenvalue weighted by Crippen LogP contribution is -3.00. The topological polar surface area (TPSA) is 64.6 Å². The first kappa shape index (κ1) is 15.9. The molecule has 0 aromatic carbocycles. The molecular formula is C14H22ClN5O. The number of rotatable bonds is 4. The average Bonchev–Trinajstić information content (AvgIpc) is 2.77. The molecular weight excluding hydrogens is 290 g/mol. The highest BCUT2D eigenvalue weighted by Gasteiger charge is 2.24. The van der Waals surface area contributed by atoms with Crippen molar-refractivity contribution in [3.05, 3.63) is 24.4 Å². The highest BCUT2D eigenvalue weighted by atomic mass is 35.5. The van der Waals surface area contributed by atoms with Crippen molar-refractivity contribution in [1.82, 2.24) is 9.61 Å². The van der Waals surface area contributed by atoms with Crippen molar-refractivity contribution in [2.75, 3.05) is 57.5 Å². The molecule has 116 valence electrons. The predicted molar refractivity (Wildman–Crippen MR) is 79.7 cm³/mol. The third kappa shape index (κ3) is 3.40. The number of likely N-dealkylation sites (N-methyl/N-ethyl adjacent to an activating group) is 1. The number of nitrogen functional groups attached to an aromatic ring is 1. The molecule has 0 aliphatic carbocycles. The fourth-order valence-corrected chi connectivity index (χ4v) is 2.60. The first-order chi connectivity index (χ1) is 9.68. The van der Waals surface area contributed by atoms with E-state index in [4.69, 9.17) is 10.5 Å². The number of ether oxygens (including phenoxy) is 1. The second-order valence-corrected chi connectivity index (χ2v) is 5.62. The van der Waals surface area contributed by atoms with Crippen molar-refractivity contribution in [2.45, 2.75) is 0 Å². The molecule has 0 bridgehead atoms. The molecule has 2 aromatic heterocycles. The Kier molecular flexibility index (Phi) is 4.92. The van der Waals surface area contributed by atoms with E-state index in [1.165, 1.54) is 0 Å². The number of nitrogens with zero attached hydrogens (tertiary/aromatic N) is 3. The van der Waals surface area contributed by atoms with Crippen LogP contribution >= 0.6 is 0 Å². The van der Waals surface area contributed by atoms with Crippen LogP contribution in [0, 0.1) is 0 Å². The number of nitrogens with two attached hydrogens (primary N) is 1. The van der Waals surface area contributed by atoms with Gasteiger partial charge in [-0.1, -0.05) is 6.07 Å². The summed E-state index contributed by atoms with van der Waals surface area (Å²) in [7, 11) is 2.28. The number of halogens is 1. The van der Waals surface area contributed by atoms with E-state index in [-0.39, 0.29) is 12.4 Å². The minimum absolute atomic E-state index is 0. The molecule has 0 atom stereocenters. The van der Waals surface area contributed by atoms with E-state index in [0.29, 0.717) is 0 Å². The lowest BCUT2D eigenvalue weighted by atomic mass is 10.3. The standard InChI is InChI=1S/C14H22N5O.ClH/c1-19(8-10-20-11-9-19)7-5-16-14-13(15)12-4-2-3-6-18(12)17-14;/h2-4,6H,5,7-11,15H2,1H3,(H,16,17);1H/q+1;/p-1. The van der Waals surface area contributed by atoms with Gasteiger partial charge in [0.25, 0.3) is 0 Å². The summed E-state index contributed by atoms with van der Waals surface area (Å²) in [5, 5.41) is 7.83. The fraction of sp³-hybridized carbons (Fsp3) is 0.500. The number of pyridine rings is 1. The van der Waals surface area contributed by atoms with Gasteiger partial charge >= 0.3 is 0 Å². The summed E-state index contributed by atoms with van der Waals surface area (Å²) in [5.74, 6) is 0.774. The number of aromatic nitrogens is 2. The first-order valence-corrected chi connectivity index (χ1v) is 7.06. The SMILES string of the molecule is C[N+]1(CCNc2nn3ccccc3c2N)CCOCC1.[Cl-]. The molecule has 0 saturated carbocycles. The van der Waals surface area contributed by atoms with Crippen molar-refractivity contribution < 1.29 is 21.6 Å². The van der Waals surface area contributed by atoms with Gasteiger partial charge in [-0.3, -0.25) is 0 Å². The van der Waals surface area contributed by atoms with Crippen LogP contribution in [0.4, 0.5) is 11.5 Å². The van der Waals surface area contributed by atoms with Crippen molar-refractivity contribution in [3.8, 4) is 0 Å². The minimum atomic E-state index is 0. The van der Waals surface area contributed by atoms with Crippen LogP contribution in [0.3, 0.4) is 0 Å². The van der Waals surface area contributed by atoms with E-state index in [1.54, 1.807) is 0 Å². The van der Waals surface area contributed by atoms with Crippen molar-refractivity contribution in [1.29, 1.82) is 0 Å². The molecule has 0 amide bonds. The Balaban J connectivity index is 0.00000161. The zero-order valence-electron chi connectivity index (χ0n) is 12.3. The molecule has 0 radical (unpaired) electrons. The Morgan fingerprint density at radius 2 is 2.14 bits per heavy atom. The van der Waals surface area contributed by atoms with E-state index >= 15 is 0 Å². The van der Waals surface area contributed by atoms with E-state index in [9.17, 15) is 0 Å². The molecule has 6 nitrogen and oxygen atoms in total. The van der Waals surface area contributed by atoms with Gasteiger partial charge in [0, 0.05) is 6.20 Å². The number of quaternary nitrogens is 1. The van der Waals surface area contributed by atoms with Crippen LogP contribution in [-0.2, 0) is 4.74 Å². The van der Waals surface area contributed by atoms with Crippen molar-refractivity contribution >= 4 is 17.0 Å². The molecule has 0 unspecified atom stereocenters. The monoisotopic (exact) mass is 311 g/mol. The molecule has 7 heteroatoms. The molecule has 1 fully saturated rings. The molecule has 1 saturated heterocycles. The zero-order valence-corrected chi connectivity index (χ0v) is 13.0. The van der Waals surface area contributed by atoms with Crippen LogP contribution in [0.25, 0.3) is 5.52 Å². The number of morpholine rings is 1. The van der Waals surface area contributed by atoms with Gasteiger partial charge < -0.3 is 32.7 Å². The second kappa shape index (κ2) is 6.51. The predicted octanol–water partition coefficient (Wildman–Crippen LogP) is -2.19. The number of fused-ring (bicyclic) bond motifs is 1. The molecule has 1 aliphatic rings. The van der Waals surface area contributed by atoms with Crippen LogP contribution in [0.2, 0.25) is 0 Å². The Morgan fingerprint density at radius 1 is 1.38 bits per heavy atom. The van der Waals surface area contributed by atoms with Gasteiger partial charge in [-0.25, -0.2) is 4.52 Å². The van der Waals surface area contributed by atoms with Gasteiger partial charge in [-0.05, 0) is 12.1 Å². The lowest BCUT2D eigenvalue weighted by molar-refractivity contribution is -0.915. The van der Waals surface area contributed by atoms with Gasteiger partial charge in [0.1, 0.15) is 18.8 Å². The van der Waals surface area contributed by atoms with Gasteiger partial charge in [-0.2, -0.15) is 0 Å². The van der Waals surface area contributed by atoms with E-state index in [0.717, 1.165) is 60.9 Å². The van der Waals surface area contributed by atoms with Gasteiger partial charge in [0.15, 0.2) is 5.82 Å². The Labute approximate surface area is 130 Å². The Morgan fingerprint density at radius 3 is 2.86 bits per heavy atom. The van der Waals surface area contributed by atoms with Gasteiger partial charge in [0.05, 0.1) is 38.9 Å². The van der Waals surface area contributed by atoms with Crippen LogP contribution in [-0.4, -0.2) is 60.5 Å². The Bertz CT molecular complexity index is 594. The first-order valence-electron chi connectivity index (χ1n) is 7.06.